The molecule has 0 radical (unpaired) electrons. The Balaban J connectivity index is 1.47. The number of carbonyl (C=O) groups excluding carboxylic acids is 2. The van der Waals surface area contributed by atoms with Gasteiger partial charge in [0, 0.05) is 16.4 Å². The molecule has 0 aliphatic carbocycles. The zero-order valence-corrected chi connectivity index (χ0v) is 16.4. The number of rotatable bonds is 6. The Bertz CT molecular complexity index is 991. The van der Waals surface area contributed by atoms with Crippen molar-refractivity contribution in [2.24, 2.45) is 0 Å². The molecule has 0 saturated heterocycles. The van der Waals surface area contributed by atoms with Crippen LogP contribution in [0.1, 0.15) is 5.56 Å². The molecule has 0 unspecified atom stereocenters. The number of hydrogen-bond donors (Lipinski definition) is 2. The van der Waals surface area contributed by atoms with Gasteiger partial charge in [-0.15, -0.1) is 11.8 Å². The monoisotopic (exact) mass is 398 g/mol. The molecule has 3 rings (SSSR count). The molecule has 0 heterocycles. The molecule has 3 aromatic carbocycles. The van der Waals surface area contributed by atoms with Crippen molar-refractivity contribution in [3.63, 3.8) is 0 Å². The van der Waals surface area contributed by atoms with Crippen molar-refractivity contribution in [1.29, 1.82) is 0 Å². The predicted molar refractivity (Wildman–Crippen MR) is 115 cm³/mol. The first-order valence-electron chi connectivity index (χ1n) is 8.44. The Morgan fingerprint density at radius 2 is 1.59 bits per heavy atom. The summed E-state index contributed by atoms with van der Waals surface area (Å²) in [4.78, 5) is 24.2. The van der Waals surface area contributed by atoms with E-state index in [0.29, 0.717) is 10.7 Å². The van der Waals surface area contributed by atoms with E-state index in [4.69, 9.17) is 11.6 Å². The van der Waals surface area contributed by atoms with E-state index < -0.39 is 0 Å². The van der Waals surface area contributed by atoms with Gasteiger partial charge in [0.25, 0.3) is 0 Å². The van der Waals surface area contributed by atoms with Gasteiger partial charge < -0.3 is 10.6 Å². The second-order valence-electron chi connectivity index (χ2n) is 6.11. The topological polar surface area (TPSA) is 58.2 Å². The van der Waals surface area contributed by atoms with Gasteiger partial charge in [0.05, 0.1) is 11.5 Å². The number of nitrogens with one attached hydrogen (secondary N) is 2. The third-order valence-electron chi connectivity index (χ3n) is 3.97. The normalized spacial score (nSPS) is 10.6. The van der Waals surface area contributed by atoms with Gasteiger partial charge in [0.1, 0.15) is 0 Å². The van der Waals surface area contributed by atoms with Crippen molar-refractivity contribution in [2.45, 2.75) is 6.92 Å². The van der Waals surface area contributed by atoms with Crippen molar-refractivity contribution < 1.29 is 9.59 Å². The van der Waals surface area contributed by atoms with Crippen LogP contribution < -0.4 is 10.6 Å². The Morgan fingerprint density at radius 3 is 2.37 bits per heavy atom. The average Bonchev–Trinajstić information content (AvgIpc) is 2.64. The molecule has 0 saturated carbocycles. The number of hydrogen-bond acceptors (Lipinski definition) is 3. The molecule has 27 heavy (non-hydrogen) atoms. The van der Waals surface area contributed by atoms with E-state index in [9.17, 15) is 9.59 Å². The lowest BCUT2D eigenvalue weighted by atomic mass is 10.1. The zero-order chi connectivity index (χ0) is 19.2. The van der Waals surface area contributed by atoms with E-state index in [1.165, 1.54) is 11.8 Å². The molecule has 0 aliphatic rings. The summed E-state index contributed by atoms with van der Waals surface area (Å²) in [5.41, 5.74) is 2.37. The number of carbonyl (C=O) groups is 2. The molecule has 0 spiro atoms. The molecule has 0 bridgehead atoms. The van der Waals surface area contributed by atoms with Crippen LogP contribution in [0.3, 0.4) is 0 Å². The highest BCUT2D eigenvalue weighted by molar-refractivity contribution is 8.00. The summed E-state index contributed by atoms with van der Waals surface area (Å²) in [5, 5.41) is 8.44. The van der Waals surface area contributed by atoms with E-state index in [-0.39, 0.29) is 23.3 Å². The lowest BCUT2D eigenvalue weighted by molar-refractivity contribution is -0.114. The first kappa shape index (κ1) is 19.3. The van der Waals surface area contributed by atoms with Crippen LogP contribution in [0.5, 0.6) is 0 Å². The highest BCUT2D eigenvalue weighted by Gasteiger charge is 2.08. The molecule has 4 nitrogen and oxygen atoms in total. The van der Waals surface area contributed by atoms with Gasteiger partial charge in [-0.1, -0.05) is 48.0 Å². The average molecular weight is 399 g/mol. The van der Waals surface area contributed by atoms with Crippen LogP contribution in [-0.2, 0) is 9.59 Å². The largest absolute Gasteiger partial charge is 0.325 e. The number of aryl methyl sites for hydroxylation is 1. The summed E-state index contributed by atoms with van der Waals surface area (Å²) in [5.74, 6) is 0.0946. The summed E-state index contributed by atoms with van der Waals surface area (Å²) >= 11 is 7.21. The summed E-state index contributed by atoms with van der Waals surface area (Å²) in [6.07, 6.45) is 0. The van der Waals surface area contributed by atoms with Gasteiger partial charge in [0.2, 0.25) is 11.8 Å². The summed E-state index contributed by atoms with van der Waals surface area (Å²) in [7, 11) is 0. The number of anilines is 2. The van der Waals surface area contributed by atoms with Crippen molar-refractivity contribution in [1.82, 2.24) is 0 Å². The predicted octanol–water partition coefficient (Wildman–Crippen LogP) is 5.11. The lowest BCUT2D eigenvalue weighted by Crippen LogP contribution is -2.18. The Morgan fingerprint density at radius 1 is 0.889 bits per heavy atom. The molecule has 138 valence electrons. The van der Waals surface area contributed by atoms with Crippen LogP contribution in [0.25, 0.3) is 10.8 Å². The third-order valence-corrected chi connectivity index (χ3v) is 5.14. The van der Waals surface area contributed by atoms with E-state index in [0.717, 1.165) is 22.0 Å². The van der Waals surface area contributed by atoms with Gasteiger partial charge in [-0.05, 0) is 47.5 Å². The van der Waals surface area contributed by atoms with E-state index in [2.05, 4.69) is 10.6 Å². The molecule has 0 aromatic heterocycles. The quantitative estimate of drug-likeness (QED) is 0.606. The second-order valence-corrected chi connectivity index (χ2v) is 7.53. The highest BCUT2D eigenvalue weighted by atomic mass is 35.5. The van der Waals surface area contributed by atoms with E-state index in [1.807, 2.05) is 55.5 Å². The van der Waals surface area contributed by atoms with Crippen LogP contribution in [0.4, 0.5) is 11.4 Å². The standard InChI is InChI=1S/C21H19ClN2O2S/c1-14-6-8-17(22)11-19(14)24-21(26)13-27-12-20(25)23-18-9-7-15-4-2-3-5-16(15)10-18/h2-11H,12-13H2,1H3,(H,23,25)(H,24,26). The lowest BCUT2D eigenvalue weighted by Gasteiger charge is -2.09. The van der Waals surface area contributed by atoms with E-state index >= 15 is 0 Å². The van der Waals surface area contributed by atoms with Crippen molar-refractivity contribution in [3.8, 4) is 0 Å². The second kappa shape index (κ2) is 8.93. The van der Waals surface area contributed by atoms with Crippen LogP contribution >= 0.6 is 23.4 Å². The van der Waals surface area contributed by atoms with Crippen LogP contribution in [0.2, 0.25) is 5.02 Å². The van der Waals surface area contributed by atoms with Crippen LogP contribution in [-0.4, -0.2) is 23.3 Å². The molecule has 2 N–H and O–H groups in total. The van der Waals surface area contributed by atoms with Crippen molar-refractivity contribution in [2.75, 3.05) is 22.1 Å². The van der Waals surface area contributed by atoms with Crippen molar-refractivity contribution in [3.05, 3.63) is 71.2 Å². The van der Waals surface area contributed by atoms with Crippen LogP contribution in [0.15, 0.2) is 60.7 Å². The Kier molecular flexibility index (Phi) is 6.37. The molecular formula is C21H19ClN2O2S. The van der Waals surface area contributed by atoms with Crippen LogP contribution in [0, 0.1) is 6.92 Å². The molecule has 0 aliphatic heterocycles. The summed E-state index contributed by atoms with van der Waals surface area (Å²) in [6.45, 7) is 1.90. The number of fused-ring (bicyclic) bond motifs is 1. The molecule has 2 amide bonds. The summed E-state index contributed by atoms with van der Waals surface area (Å²) in [6, 6.07) is 19.1. The fourth-order valence-corrected chi connectivity index (χ4v) is 3.41. The highest BCUT2D eigenvalue weighted by Crippen LogP contribution is 2.21. The zero-order valence-electron chi connectivity index (χ0n) is 14.8. The van der Waals surface area contributed by atoms with Gasteiger partial charge in [-0.3, -0.25) is 9.59 Å². The van der Waals surface area contributed by atoms with E-state index in [1.54, 1.807) is 12.1 Å². The minimum atomic E-state index is -0.163. The molecule has 0 fully saturated rings. The minimum Gasteiger partial charge on any atom is -0.325 e. The minimum absolute atomic E-state index is 0.137. The van der Waals surface area contributed by atoms with Crippen molar-refractivity contribution >= 4 is 57.3 Å². The molecule has 6 heteroatoms. The fraction of sp³-hybridized carbons (Fsp3) is 0.143. The third kappa shape index (κ3) is 5.49. The maximum Gasteiger partial charge on any atom is 0.234 e. The van der Waals surface area contributed by atoms with Gasteiger partial charge in [0.15, 0.2) is 0 Å². The Hall–Kier alpha value is -2.50. The number of amides is 2. The van der Waals surface area contributed by atoms with Gasteiger partial charge in [-0.25, -0.2) is 0 Å². The number of thioether (sulfide) groups is 1. The Labute approximate surface area is 167 Å². The van der Waals surface area contributed by atoms with Gasteiger partial charge >= 0.3 is 0 Å². The maximum atomic E-state index is 12.1. The fourth-order valence-electron chi connectivity index (χ4n) is 2.62. The smallest absolute Gasteiger partial charge is 0.234 e. The first-order valence-corrected chi connectivity index (χ1v) is 9.97. The summed E-state index contributed by atoms with van der Waals surface area (Å²) < 4.78 is 0. The molecular weight excluding hydrogens is 380 g/mol. The number of halogens is 1. The number of benzene rings is 3. The maximum absolute atomic E-state index is 12.1. The molecule has 0 atom stereocenters. The first-order chi connectivity index (χ1) is 13.0. The SMILES string of the molecule is Cc1ccc(Cl)cc1NC(=O)CSCC(=O)Nc1ccc2ccccc2c1. The molecule has 3 aromatic rings. The van der Waals surface area contributed by atoms with Gasteiger partial charge in [-0.2, -0.15) is 0 Å².